The smallest absolute Gasteiger partial charge is 0.239 e. The molecule has 19 heavy (non-hydrogen) atoms. The van der Waals surface area contributed by atoms with E-state index in [1.54, 1.807) is 0 Å². The molecule has 0 spiro atoms. The number of hydrogen-bond acceptors (Lipinski definition) is 6. The Morgan fingerprint density at radius 1 is 1.63 bits per heavy atom. The Morgan fingerprint density at radius 3 is 3.11 bits per heavy atom. The predicted octanol–water partition coefficient (Wildman–Crippen LogP) is 0.822. The van der Waals surface area contributed by atoms with Crippen LogP contribution in [0.3, 0.4) is 0 Å². The first-order valence-electron chi connectivity index (χ1n) is 6.60. The zero-order valence-electron chi connectivity index (χ0n) is 11.4. The summed E-state index contributed by atoms with van der Waals surface area (Å²) in [6.45, 7) is 5.06. The van der Waals surface area contributed by atoms with Crippen LogP contribution in [0.5, 0.6) is 0 Å². The summed E-state index contributed by atoms with van der Waals surface area (Å²) in [5, 5.41) is 0. The molecular weight excluding hydrogens is 247 g/mol. The minimum Gasteiger partial charge on any atom is -0.356 e. The summed E-state index contributed by atoms with van der Waals surface area (Å²) < 4.78 is 13.8. The van der Waals surface area contributed by atoms with E-state index in [2.05, 4.69) is 27.2 Å². The molecule has 0 aromatic carbocycles. The number of halogens is 1. The highest BCUT2D eigenvalue weighted by Crippen LogP contribution is 2.21. The van der Waals surface area contributed by atoms with Crippen molar-refractivity contribution in [2.24, 2.45) is 5.84 Å². The molecule has 0 aliphatic carbocycles. The number of nitrogen functional groups attached to an aromatic ring is 1. The number of nitrogens with two attached hydrogens (primary N) is 1. The average molecular weight is 268 g/mol. The number of nitrogens with one attached hydrogen (secondary N) is 1. The molecule has 1 unspecified atom stereocenters. The normalized spacial score (nSPS) is 19.7. The van der Waals surface area contributed by atoms with Crippen LogP contribution in [0.15, 0.2) is 6.20 Å². The van der Waals surface area contributed by atoms with Crippen LogP contribution in [0.4, 0.5) is 16.2 Å². The maximum atomic E-state index is 13.8. The van der Waals surface area contributed by atoms with E-state index in [1.807, 2.05) is 11.9 Å². The van der Waals surface area contributed by atoms with E-state index in [9.17, 15) is 4.39 Å². The summed E-state index contributed by atoms with van der Waals surface area (Å²) in [6, 6.07) is 0.457. The monoisotopic (exact) mass is 268 g/mol. The van der Waals surface area contributed by atoms with Gasteiger partial charge in [0.25, 0.3) is 0 Å². The molecule has 1 fully saturated rings. The van der Waals surface area contributed by atoms with E-state index >= 15 is 0 Å². The molecule has 1 aromatic heterocycles. The fourth-order valence-corrected chi connectivity index (χ4v) is 2.62. The van der Waals surface area contributed by atoms with Crippen molar-refractivity contribution in [3.05, 3.63) is 12.0 Å². The maximum absolute atomic E-state index is 13.8. The van der Waals surface area contributed by atoms with Gasteiger partial charge in [-0.2, -0.15) is 4.98 Å². The van der Waals surface area contributed by atoms with E-state index in [4.69, 9.17) is 5.84 Å². The van der Waals surface area contributed by atoms with Gasteiger partial charge < -0.3 is 4.90 Å². The second-order valence-electron chi connectivity index (χ2n) is 4.81. The largest absolute Gasteiger partial charge is 0.356 e. The third-order valence-electron chi connectivity index (χ3n) is 3.61. The molecule has 1 aliphatic heterocycles. The minimum atomic E-state index is -0.428. The minimum absolute atomic E-state index is 0.224. The Morgan fingerprint density at radius 2 is 2.42 bits per heavy atom. The molecule has 0 bridgehead atoms. The zero-order chi connectivity index (χ0) is 13.8. The summed E-state index contributed by atoms with van der Waals surface area (Å²) in [7, 11) is 1.85. The van der Waals surface area contributed by atoms with Gasteiger partial charge in [-0.1, -0.05) is 6.92 Å². The first-order chi connectivity index (χ1) is 9.15. The molecule has 2 rings (SSSR count). The maximum Gasteiger partial charge on any atom is 0.239 e. The van der Waals surface area contributed by atoms with Crippen molar-refractivity contribution in [3.8, 4) is 0 Å². The van der Waals surface area contributed by atoms with Crippen LogP contribution in [-0.2, 0) is 0 Å². The van der Waals surface area contributed by atoms with Gasteiger partial charge in [0.05, 0.1) is 6.20 Å². The SMILES string of the molecule is CCN1CCCC1CN(C)c1nc(NN)ncc1F. The highest BCUT2D eigenvalue weighted by Gasteiger charge is 2.25. The molecular formula is C12H21FN6. The molecule has 3 N–H and O–H groups in total. The van der Waals surface area contributed by atoms with Crippen molar-refractivity contribution in [1.82, 2.24) is 14.9 Å². The molecule has 1 saturated heterocycles. The lowest BCUT2D eigenvalue weighted by Crippen LogP contribution is -2.39. The molecule has 2 heterocycles. The van der Waals surface area contributed by atoms with Gasteiger partial charge >= 0.3 is 0 Å². The number of nitrogens with zero attached hydrogens (tertiary/aromatic N) is 4. The number of likely N-dealkylation sites (tertiary alicyclic amines) is 1. The van der Waals surface area contributed by atoms with Crippen molar-refractivity contribution in [2.45, 2.75) is 25.8 Å². The van der Waals surface area contributed by atoms with E-state index in [0.717, 1.165) is 32.3 Å². The number of anilines is 2. The number of likely N-dealkylation sites (N-methyl/N-ethyl adjacent to an activating group) is 2. The summed E-state index contributed by atoms with van der Waals surface area (Å²) in [6.07, 6.45) is 3.49. The number of hydrazine groups is 1. The van der Waals surface area contributed by atoms with Crippen molar-refractivity contribution < 1.29 is 4.39 Å². The third kappa shape index (κ3) is 3.10. The lowest BCUT2D eigenvalue weighted by atomic mass is 10.2. The molecule has 106 valence electrons. The van der Waals surface area contributed by atoms with Crippen LogP contribution in [0.1, 0.15) is 19.8 Å². The quantitative estimate of drug-likeness (QED) is 0.608. The average Bonchev–Trinajstić information content (AvgIpc) is 2.86. The number of aromatic nitrogens is 2. The summed E-state index contributed by atoms with van der Waals surface area (Å²) in [5.41, 5.74) is 2.34. The molecule has 0 amide bonds. The van der Waals surface area contributed by atoms with Crippen LogP contribution in [0.2, 0.25) is 0 Å². The first-order valence-corrected chi connectivity index (χ1v) is 6.60. The van der Waals surface area contributed by atoms with Gasteiger partial charge in [-0.3, -0.25) is 10.3 Å². The Balaban J connectivity index is 2.08. The van der Waals surface area contributed by atoms with Crippen molar-refractivity contribution >= 4 is 11.8 Å². The van der Waals surface area contributed by atoms with Gasteiger partial charge in [0.1, 0.15) is 0 Å². The zero-order valence-corrected chi connectivity index (χ0v) is 11.4. The molecule has 1 atom stereocenters. The van der Waals surface area contributed by atoms with Crippen molar-refractivity contribution in [1.29, 1.82) is 0 Å². The van der Waals surface area contributed by atoms with Gasteiger partial charge in [0.2, 0.25) is 5.95 Å². The number of hydrogen-bond donors (Lipinski definition) is 2. The highest BCUT2D eigenvalue weighted by molar-refractivity contribution is 5.42. The summed E-state index contributed by atoms with van der Waals surface area (Å²) in [4.78, 5) is 12.1. The van der Waals surface area contributed by atoms with Crippen molar-refractivity contribution in [2.75, 3.05) is 37.0 Å². The topological polar surface area (TPSA) is 70.3 Å². The molecule has 1 aliphatic rings. The Bertz CT molecular complexity index is 427. The van der Waals surface area contributed by atoms with Crippen LogP contribution in [-0.4, -0.2) is 47.6 Å². The van der Waals surface area contributed by atoms with Crippen LogP contribution in [0.25, 0.3) is 0 Å². The molecule has 0 radical (unpaired) electrons. The van der Waals surface area contributed by atoms with Gasteiger partial charge in [-0.05, 0) is 25.9 Å². The fraction of sp³-hybridized carbons (Fsp3) is 0.667. The van der Waals surface area contributed by atoms with Crippen LogP contribution >= 0.6 is 0 Å². The Hall–Kier alpha value is -1.47. The second kappa shape index (κ2) is 6.12. The first kappa shape index (κ1) is 14.0. The summed E-state index contributed by atoms with van der Waals surface area (Å²) >= 11 is 0. The van der Waals surface area contributed by atoms with E-state index in [-0.39, 0.29) is 11.8 Å². The fourth-order valence-electron chi connectivity index (χ4n) is 2.62. The van der Waals surface area contributed by atoms with Gasteiger partial charge in [0, 0.05) is 19.6 Å². The van der Waals surface area contributed by atoms with E-state index in [1.165, 1.54) is 6.42 Å². The second-order valence-corrected chi connectivity index (χ2v) is 4.81. The lowest BCUT2D eigenvalue weighted by molar-refractivity contribution is 0.270. The molecule has 0 saturated carbocycles. The van der Waals surface area contributed by atoms with Gasteiger partial charge in [0.15, 0.2) is 11.6 Å². The van der Waals surface area contributed by atoms with Crippen LogP contribution < -0.4 is 16.2 Å². The standard InChI is InChI=1S/C12H21FN6/c1-3-19-6-4-5-9(19)8-18(2)11-10(13)7-15-12(16-11)17-14/h7,9H,3-6,8,14H2,1-2H3,(H,15,16,17). The van der Waals surface area contributed by atoms with Gasteiger partial charge in [-0.25, -0.2) is 15.2 Å². The van der Waals surface area contributed by atoms with Crippen molar-refractivity contribution in [3.63, 3.8) is 0 Å². The Labute approximate surface area is 112 Å². The Kier molecular flexibility index (Phi) is 4.49. The highest BCUT2D eigenvalue weighted by atomic mass is 19.1. The lowest BCUT2D eigenvalue weighted by Gasteiger charge is -2.28. The molecule has 6 nitrogen and oxygen atoms in total. The van der Waals surface area contributed by atoms with E-state index in [0.29, 0.717) is 6.04 Å². The third-order valence-corrected chi connectivity index (χ3v) is 3.61. The van der Waals surface area contributed by atoms with Crippen LogP contribution in [0, 0.1) is 5.82 Å². The number of rotatable bonds is 5. The molecule has 1 aromatic rings. The van der Waals surface area contributed by atoms with E-state index < -0.39 is 5.82 Å². The predicted molar refractivity (Wildman–Crippen MR) is 73.3 cm³/mol. The summed E-state index contributed by atoms with van der Waals surface area (Å²) in [5.74, 6) is 5.33. The molecule has 7 heteroatoms. The van der Waals surface area contributed by atoms with Gasteiger partial charge in [-0.15, -0.1) is 0 Å².